The highest BCUT2D eigenvalue weighted by Crippen LogP contribution is 2.28. The molecule has 2 aromatic rings. The van der Waals surface area contributed by atoms with Gasteiger partial charge in [-0.2, -0.15) is 0 Å². The van der Waals surface area contributed by atoms with Crippen molar-refractivity contribution in [2.24, 2.45) is 4.99 Å². The van der Waals surface area contributed by atoms with Crippen molar-refractivity contribution in [2.75, 3.05) is 0 Å². The molecule has 0 aliphatic carbocycles. The highest BCUT2D eigenvalue weighted by Gasteiger charge is 2.23. The molecule has 1 aliphatic heterocycles. The zero-order valence-corrected chi connectivity index (χ0v) is 13.5. The maximum atomic E-state index is 12.0. The largest absolute Gasteiger partial charge is 0.300 e. The summed E-state index contributed by atoms with van der Waals surface area (Å²) in [5, 5.41) is 4.61. The lowest BCUT2D eigenvalue weighted by Gasteiger charge is -1.96. The Kier molecular flexibility index (Phi) is 4.52. The number of hydrogen-bond acceptors (Lipinski definition) is 3. The third-order valence-corrected chi connectivity index (χ3v) is 4.29. The van der Waals surface area contributed by atoms with Gasteiger partial charge in [0.1, 0.15) is 0 Å². The van der Waals surface area contributed by atoms with Gasteiger partial charge < -0.3 is 5.32 Å². The van der Waals surface area contributed by atoms with Crippen molar-refractivity contribution in [1.82, 2.24) is 5.32 Å². The van der Waals surface area contributed by atoms with Crippen molar-refractivity contribution in [1.29, 1.82) is 0 Å². The first kappa shape index (κ1) is 15.2. The Morgan fingerprint density at radius 1 is 0.955 bits per heavy atom. The summed E-state index contributed by atoms with van der Waals surface area (Å²) in [6.45, 7) is 0. The van der Waals surface area contributed by atoms with Crippen molar-refractivity contribution in [3.8, 4) is 0 Å². The van der Waals surface area contributed by atoms with Gasteiger partial charge in [-0.3, -0.25) is 4.79 Å². The molecule has 1 aliphatic rings. The SMILES string of the molecule is O=C1NC(=Nc2ccc(Cl)cc2)S/C1=C\c1ccc(Cl)cc1. The number of amides is 1. The average molecular weight is 349 g/mol. The highest BCUT2D eigenvalue weighted by molar-refractivity contribution is 8.18. The van der Waals surface area contributed by atoms with Crippen LogP contribution in [0, 0.1) is 0 Å². The van der Waals surface area contributed by atoms with Crippen LogP contribution in [0.15, 0.2) is 58.4 Å². The van der Waals surface area contributed by atoms with E-state index in [2.05, 4.69) is 10.3 Å². The molecule has 1 saturated heterocycles. The molecule has 1 heterocycles. The molecule has 3 nitrogen and oxygen atoms in total. The quantitative estimate of drug-likeness (QED) is 0.785. The molecule has 0 spiro atoms. The van der Waals surface area contributed by atoms with Gasteiger partial charge in [0.05, 0.1) is 10.6 Å². The Balaban J connectivity index is 1.80. The maximum absolute atomic E-state index is 12.0. The Labute approximate surface area is 142 Å². The standard InChI is InChI=1S/C16H10Cl2N2OS/c17-11-3-1-10(2-4-11)9-14-15(21)20-16(22-14)19-13-7-5-12(18)6-8-13/h1-9H,(H,19,20,21)/b14-9-. The van der Waals surface area contributed by atoms with Crippen molar-refractivity contribution in [3.63, 3.8) is 0 Å². The van der Waals surface area contributed by atoms with E-state index in [0.29, 0.717) is 20.1 Å². The lowest BCUT2D eigenvalue weighted by molar-refractivity contribution is -0.115. The van der Waals surface area contributed by atoms with E-state index in [9.17, 15) is 4.79 Å². The first-order valence-electron chi connectivity index (χ1n) is 6.41. The number of amidine groups is 1. The molecule has 1 fully saturated rings. The molecular formula is C16H10Cl2N2OS. The number of carbonyl (C=O) groups excluding carboxylic acids is 1. The van der Waals surface area contributed by atoms with Crippen molar-refractivity contribution in [2.45, 2.75) is 0 Å². The van der Waals surface area contributed by atoms with Crippen LogP contribution in [0.5, 0.6) is 0 Å². The van der Waals surface area contributed by atoms with Gasteiger partial charge in [0.25, 0.3) is 5.91 Å². The number of nitrogens with zero attached hydrogens (tertiary/aromatic N) is 1. The molecule has 3 rings (SSSR count). The van der Waals surface area contributed by atoms with Gasteiger partial charge in [0, 0.05) is 10.0 Å². The molecule has 2 aromatic carbocycles. The molecule has 0 saturated carbocycles. The van der Waals surface area contributed by atoms with Crippen LogP contribution in [0.2, 0.25) is 10.0 Å². The topological polar surface area (TPSA) is 41.5 Å². The number of aliphatic imine (C=N–C) groups is 1. The van der Waals surface area contributed by atoms with Gasteiger partial charge in [0.15, 0.2) is 5.17 Å². The molecule has 0 unspecified atom stereocenters. The second-order valence-electron chi connectivity index (χ2n) is 4.51. The minimum atomic E-state index is -0.160. The summed E-state index contributed by atoms with van der Waals surface area (Å²) in [6.07, 6.45) is 1.81. The Morgan fingerprint density at radius 2 is 1.55 bits per heavy atom. The number of halogens is 2. The number of carbonyl (C=O) groups is 1. The number of rotatable bonds is 2. The van der Waals surface area contributed by atoms with Crippen molar-refractivity contribution < 1.29 is 4.79 Å². The van der Waals surface area contributed by atoms with E-state index >= 15 is 0 Å². The zero-order valence-electron chi connectivity index (χ0n) is 11.2. The molecule has 110 valence electrons. The third kappa shape index (κ3) is 3.71. The van der Waals surface area contributed by atoms with Crippen LogP contribution in [0.25, 0.3) is 6.08 Å². The average Bonchev–Trinajstić information content (AvgIpc) is 2.84. The summed E-state index contributed by atoms with van der Waals surface area (Å²) in [5.41, 5.74) is 1.65. The molecule has 0 aromatic heterocycles. The number of thioether (sulfide) groups is 1. The van der Waals surface area contributed by atoms with Gasteiger partial charge in [-0.15, -0.1) is 0 Å². The van der Waals surface area contributed by atoms with Crippen LogP contribution >= 0.6 is 35.0 Å². The van der Waals surface area contributed by atoms with Gasteiger partial charge >= 0.3 is 0 Å². The van der Waals surface area contributed by atoms with E-state index in [-0.39, 0.29) is 5.91 Å². The van der Waals surface area contributed by atoms with Crippen LogP contribution < -0.4 is 5.32 Å². The summed E-state index contributed by atoms with van der Waals surface area (Å²) >= 11 is 13.0. The molecule has 6 heteroatoms. The molecule has 0 radical (unpaired) electrons. The van der Waals surface area contributed by atoms with E-state index in [1.165, 1.54) is 11.8 Å². The zero-order chi connectivity index (χ0) is 15.5. The summed E-state index contributed by atoms with van der Waals surface area (Å²) < 4.78 is 0. The maximum Gasteiger partial charge on any atom is 0.264 e. The number of benzene rings is 2. The lowest BCUT2D eigenvalue weighted by Crippen LogP contribution is -2.19. The van der Waals surface area contributed by atoms with Crippen LogP contribution in [-0.2, 0) is 4.79 Å². The van der Waals surface area contributed by atoms with E-state index < -0.39 is 0 Å². The molecule has 0 bridgehead atoms. The Morgan fingerprint density at radius 3 is 2.18 bits per heavy atom. The normalized spacial score (nSPS) is 18.0. The minimum absolute atomic E-state index is 0.160. The van der Waals surface area contributed by atoms with Gasteiger partial charge in [0.2, 0.25) is 0 Å². The highest BCUT2D eigenvalue weighted by atomic mass is 35.5. The number of nitrogens with one attached hydrogen (secondary N) is 1. The summed E-state index contributed by atoms with van der Waals surface area (Å²) in [4.78, 5) is 16.9. The smallest absolute Gasteiger partial charge is 0.264 e. The summed E-state index contributed by atoms with van der Waals surface area (Å²) in [5.74, 6) is -0.160. The Bertz CT molecular complexity index is 768. The van der Waals surface area contributed by atoms with Gasteiger partial charge in [-0.05, 0) is 59.8 Å². The molecule has 0 atom stereocenters. The van der Waals surface area contributed by atoms with E-state index in [1.807, 2.05) is 12.1 Å². The fourth-order valence-electron chi connectivity index (χ4n) is 1.82. The van der Waals surface area contributed by atoms with Crippen molar-refractivity contribution >= 4 is 57.8 Å². The first-order valence-corrected chi connectivity index (χ1v) is 7.98. The predicted molar refractivity (Wildman–Crippen MR) is 93.7 cm³/mol. The van der Waals surface area contributed by atoms with E-state index in [1.54, 1.807) is 42.5 Å². The molecular weight excluding hydrogens is 339 g/mol. The Hall–Kier alpha value is -1.75. The summed E-state index contributed by atoms with van der Waals surface area (Å²) in [7, 11) is 0. The second kappa shape index (κ2) is 6.57. The fraction of sp³-hybridized carbons (Fsp3) is 0. The first-order chi connectivity index (χ1) is 10.6. The fourth-order valence-corrected chi connectivity index (χ4v) is 2.92. The molecule has 22 heavy (non-hydrogen) atoms. The predicted octanol–water partition coefficient (Wildman–Crippen LogP) is 4.89. The van der Waals surface area contributed by atoms with Gasteiger partial charge in [-0.1, -0.05) is 35.3 Å². The second-order valence-corrected chi connectivity index (χ2v) is 6.41. The molecule has 1 N–H and O–H groups in total. The van der Waals surface area contributed by atoms with E-state index in [4.69, 9.17) is 23.2 Å². The van der Waals surface area contributed by atoms with Crippen LogP contribution in [0.1, 0.15) is 5.56 Å². The minimum Gasteiger partial charge on any atom is -0.300 e. The van der Waals surface area contributed by atoms with Crippen LogP contribution in [0.4, 0.5) is 5.69 Å². The monoisotopic (exact) mass is 348 g/mol. The molecule has 1 amide bonds. The van der Waals surface area contributed by atoms with Crippen LogP contribution in [-0.4, -0.2) is 11.1 Å². The van der Waals surface area contributed by atoms with E-state index in [0.717, 1.165) is 11.3 Å². The number of hydrogen-bond donors (Lipinski definition) is 1. The van der Waals surface area contributed by atoms with Gasteiger partial charge in [-0.25, -0.2) is 4.99 Å². The summed E-state index contributed by atoms with van der Waals surface area (Å²) in [6, 6.07) is 14.4. The lowest BCUT2D eigenvalue weighted by atomic mass is 10.2. The third-order valence-electron chi connectivity index (χ3n) is 2.88. The van der Waals surface area contributed by atoms with Crippen LogP contribution in [0.3, 0.4) is 0 Å². The van der Waals surface area contributed by atoms with Crippen molar-refractivity contribution in [3.05, 3.63) is 69.0 Å².